The zero-order chi connectivity index (χ0) is 27.3. The molecule has 1 heterocycles. The summed E-state index contributed by atoms with van der Waals surface area (Å²) in [6, 6.07) is 14.2. The SMILES string of the molecule is COC(=O)C1=C(C(=O)OC)N(c2cc(S(=O)(=O)CCO)ccc2OC)C(N)=C(C#N)C1c1ccccc1. The van der Waals surface area contributed by atoms with Gasteiger partial charge in [0.05, 0.1) is 67.4 Å². The number of hydrogen-bond acceptors (Lipinski definition) is 11. The van der Waals surface area contributed by atoms with Crippen molar-refractivity contribution >= 4 is 27.5 Å². The van der Waals surface area contributed by atoms with Crippen molar-refractivity contribution in [1.29, 1.82) is 5.26 Å². The molecule has 12 heteroatoms. The third kappa shape index (κ3) is 5.00. The van der Waals surface area contributed by atoms with Crippen LogP contribution in [0.1, 0.15) is 11.5 Å². The van der Waals surface area contributed by atoms with Crippen molar-refractivity contribution in [1.82, 2.24) is 0 Å². The maximum Gasteiger partial charge on any atom is 0.355 e. The summed E-state index contributed by atoms with van der Waals surface area (Å²) < 4.78 is 40.8. The topological polar surface area (TPSA) is 169 Å². The highest BCUT2D eigenvalue weighted by molar-refractivity contribution is 7.91. The van der Waals surface area contributed by atoms with Gasteiger partial charge in [0.1, 0.15) is 17.3 Å². The number of ether oxygens (including phenoxy) is 3. The fourth-order valence-electron chi connectivity index (χ4n) is 4.04. The Labute approximate surface area is 213 Å². The smallest absolute Gasteiger partial charge is 0.355 e. The molecule has 0 saturated heterocycles. The summed E-state index contributed by atoms with van der Waals surface area (Å²) in [4.78, 5) is 27.2. The third-order valence-corrected chi connectivity index (χ3v) is 7.41. The van der Waals surface area contributed by atoms with Crippen molar-refractivity contribution < 1.29 is 37.3 Å². The third-order valence-electron chi connectivity index (χ3n) is 5.72. The second-order valence-corrected chi connectivity index (χ2v) is 9.82. The number of nitriles is 1. The Morgan fingerprint density at radius 2 is 1.73 bits per heavy atom. The van der Waals surface area contributed by atoms with Crippen LogP contribution in [0.4, 0.5) is 5.69 Å². The van der Waals surface area contributed by atoms with Crippen LogP contribution in [-0.4, -0.2) is 59.2 Å². The summed E-state index contributed by atoms with van der Waals surface area (Å²) in [5.74, 6) is -3.74. The second kappa shape index (κ2) is 11.2. The van der Waals surface area contributed by atoms with Crippen molar-refractivity contribution in [2.75, 3.05) is 38.6 Å². The number of carbonyl (C=O) groups is 2. The fourth-order valence-corrected chi connectivity index (χ4v) is 5.08. The van der Waals surface area contributed by atoms with Crippen molar-refractivity contribution in [3.05, 3.63) is 76.8 Å². The first kappa shape index (κ1) is 27.3. The fraction of sp³-hybridized carbons (Fsp3) is 0.240. The molecule has 1 unspecified atom stereocenters. The molecule has 0 spiro atoms. The number of esters is 2. The number of rotatable bonds is 8. The first-order valence-corrected chi connectivity index (χ1v) is 12.5. The summed E-state index contributed by atoms with van der Waals surface area (Å²) in [6.07, 6.45) is 0. The molecule has 194 valence electrons. The highest BCUT2D eigenvalue weighted by Gasteiger charge is 2.43. The van der Waals surface area contributed by atoms with Crippen molar-refractivity contribution in [3.63, 3.8) is 0 Å². The number of hydrogen-bond donors (Lipinski definition) is 2. The molecule has 0 aromatic heterocycles. The lowest BCUT2D eigenvalue weighted by Crippen LogP contribution is -2.41. The van der Waals surface area contributed by atoms with Gasteiger partial charge in [0.2, 0.25) is 0 Å². The van der Waals surface area contributed by atoms with Crippen LogP contribution in [0.25, 0.3) is 0 Å². The lowest BCUT2D eigenvalue weighted by molar-refractivity contribution is -0.139. The number of methoxy groups -OCH3 is 3. The zero-order valence-corrected chi connectivity index (χ0v) is 21.1. The first-order valence-electron chi connectivity index (χ1n) is 10.8. The molecule has 1 aliphatic rings. The molecule has 0 aliphatic carbocycles. The normalized spacial score (nSPS) is 15.8. The van der Waals surface area contributed by atoms with E-state index in [1.807, 2.05) is 6.07 Å². The van der Waals surface area contributed by atoms with Crippen LogP contribution in [0.2, 0.25) is 0 Å². The molecule has 2 aromatic rings. The Morgan fingerprint density at radius 3 is 2.27 bits per heavy atom. The second-order valence-electron chi connectivity index (χ2n) is 7.71. The molecule has 3 N–H and O–H groups in total. The van der Waals surface area contributed by atoms with Crippen LogP contribution < -0.4 is 15.4 Å². The number of sulfone groups is 1. The van der Waals surface area contributed by atoms with Gasteiger partial charge in [-0.2, -0.15) is 5.26 Å². The summed E-state index contributed by atoms with van der Waals surface area (Å²) in [5, 5.41) is 19.3. The van der Waals surface area contributed by atoms with Crippen LogP contribution in [0, 0.1) is 11.3 Å². The van der Waals surface area contributed by atoms with Gasteiger partial charge >= 0.3 is 11.9 Å². The van der Waals surface area contributed by atoms with E-state index in [9.17, 15) is 28.4 Å². The van der Waals surface area contributed by atoms with Gasteiger partial charge in [-0.05, 0) is 23.8 Å². The minimum Gasteiger partial charge on any atom is -0.495 e. The number of carbonyl (C=O) groups excluding carboxylic acids is 2. The molecular formula is C25H25N3O8S. The first-order chi connectivity index (χ1) is 17.7. The largest absolute Gasteiger partial charge is 0.495 e. The lowest BCUT2D eigenvalue weighted by atomic mass is 9.81. The minimum absolute atomic E-state index is 0.0555. The molecule has 37 heavy (non-hydrogen) atoms. The number of benzene rings is 2. The molecular weight excluding hydrogens is 502 g/mol. The van der Waals surface area contributed by atoms with E-state index in [0.29, 0.717) is 5.56 Å². The van der Waals surface area contributed by atoms with Crippen LogP contribution >= 0.6 is 0 Å². The molecule has 11 nitrogen and oxygen atoms in total. The quantitative estimate of drug-likeness (QED) is 0.475. The Kier molecular flexibility index (Phi) is 8.21. The molecule has 2 aromatic carbocycles. The van der Waals surface area contributed by atoms with Crippen LogP contribution in [0.15, 0.2) is 76.1 Å². The predicted octanol–water partition coefficient (Wildman–Crippen LogP) is 1.36. The maximum atomic E-state index is 13.2. The van der Waals surface area contributed by atoms with E-state index in [4.69, 9.17) is 19.9 Å². The van der Waals surface area contributed by atoms with E-state index < -0.39 is 40.1 Å². The molecule has 0 saturated carbocycles. The summed E-state index contributed by atoms with van der Waals surface area (Å²) in [6.45, 7) is -0.618. The number of anilines is 1. The van der Waals surface area contributed by atoms with Gasteiger partial charge in [0, 0.05) is 0 Å². The van der Waals surface area contributed by atoms with Gasteiger partial charge in [0.25, 0.3) is 0 Å². The van der Waals surface area contributed by atoms with Crippen LogP contribution in [0.5, 0.6) is 5.75 Å². The van der Waals surface area contributed by atoms with E-state index in [1.54, 1.807) is 30.3 Å². The van der Waals surface area contributed by atoms with Gasteiger partial charge in [-0.1, -0.05) is 30.3 Å². The molecule has 1 aliphatic heterocycles. The van der Waals surface area contributed by atoms with E-state index in [2.05, 4.69) is 0 Å². The highest BCUT2D eigenvalue weighted by atomic mass is 32.2. The van der Waals surface area contributed by atoms with Crippen molar-refractivity contribution in [2.45, 2.75) is 10.8 Å². The zero-order valence-electron chi connectivity index (χ0n) is 20.3. The summed E-state index contributed by atoms with van der Waals surface area (Å²) in [5.41, 5.74) is 6.18. The molecule has 3 rings (SSSR count). The van der Waals surface area contributed by atoms with Gasteiger partial charge in [-0.15, -0.1) is 0 Å². The van der Waals surface area contributed by atoms with E-state index in [-0.39, 0.29) is 39.0 Å². The predicted molar refractivity (Wildman–Crippen MR) is 132 cm³/mol. The van der Waals surface area contributed by atoms with Crippen LogP contribution in [-0.2, 0) is 28.9 Å². The Bertz CT molecular complexity index is 1430. The minimum atomic E-state index is -3.94. The average molecular weight is 528 g/mol. The van der Waals surface area contributed by atoms with Crippen molar-refractivity contribution in [3.8, 4) is 11.8 Å². The van der Waals surface area contributed by atoms with E-state index in [1.165, 1.54) is 25.3 Å². The molecule has 0 bridgehead atoms. The van der Waals surface area contributed by atoms with Crippen molar-refractivity contribution in [2.24, 2.45) is 5.73 Å². The number of nitrogens with two attached hydrogens (primary N) is 1. The Morgan fingerprint density at radius 1 is 1.08 bits per heavy atom. The Hall–Kier alpha value is -4.34. The van der Waals surface area contributed by atoms with E-state index in [0.717, 1.165) is 19.1 Å². The van der Waals surface area contributed by atoms with Crippen LogP contribution in [0.3, 0.4) is 0 Å². The monoisotopic (exact) mass is 527 g/mol. The van der Waals surface area contributed by atoms with Gasteiger partial charge < -0.3 is 25.1 Å². The van der Waals surface area contributed by atoms with Gasteiger partial charge in [-0.3, -0.25) is 4.90 Å². The molecule has 0 radical (unpaired) electrons. The van der Waals surface area contributed by atoms with Gasteiger partial charge in [0.15, 0.2) is 9.84 Å². The van der Waals surface area contributed by atoms with Gasteiger partial charge in [-0.25, -0.2) is 18.0 Å². The average Bonchev–Trinajstić information content (AvgIpc) is 2.91. The number of nitrogens with zero attached hydrogens (tertiary/aromatic N) is 2. The molecule has 0 fully saturated rings. The summed E-state index contributed by atoms with van der Waals surface area (Å²) >= 11 is 0. The summed E-state index contributed by atoms with van der Waals surface area (Å²) in [7, 11) is -0.417. The van der Waals surface area contributed by atoms with E-state index >= 15 is 0 Å². The number of aliphatic hydroxyl groups excluding tert-OH is 1. The number of aliphatic hydroxyl groups is 1. The highest BCUT2D eigenvalue weighted by Crippen LogP contribution is 2.45. The standard InChI is InChI=1S/C25H25N3O8S/c1-34-19-10-9-16(37(32,33)12-11-29)13-18(19)28-22(25(31)36-3)21(24(30)35-2)20(17(14-26)23(28)27)15-7-5-4-6-8-15/h4-10,13,20,29H,11-12,27H2,1-3H3. The maximum absolute atomic E-state index is 13.2. The Balaban J connectivity index is 2.47. The molecule has 0 amide bonds. The number of allylic oxidation sites excluding steroid dienone is 1. The lowest BCUT2D eigenvalue weighted by Gasteiger charge is -2.36. The molecule has 1 atom stereocenters.